The van der Waals surface area contributed by atoms with Gasteiger partial charge in [0, 0.05) is 0 Å². The number of nitrogens with zero attached hydrogens (tertiary/aromatic N) is 2. The van der Waals surface area contributed by atoms with Crippen molar-refractivity contribution in [3.8, 4) is 0 Å². The highest BCUT2D eigenvalue weighted by atomic mass is 16.7. The number of rotatable bonds is 14. The van der Waals surface area contributed by atoms with Crippen LogP contribution in [0.15, 0.2) is 30.3 Å². The fraction of sp³-hybridized carbons (Fsp3) is 0.667. The molecule has 0 N–H and O–H groups in total. The molecule has 134 valence electrons. The van der Waals surface area contributed by atoms with Crippen LogP contribution >= 0.6 is 0 Å². The summed E-state index contributed by atoms with van der Waals surface area (Å²) in [5.74, 6) is 0. The Kier molecular flexibility index (Phi) is 10.4. The maximum Gasteiger partial charge on any atom is 0.450 e. The monoisotopic (exact) mass is 336 g/mol. The minimum Gasteiger partial charge on any atom is -0.259 e. The van der Waals surface area contributed by atoms with Gasteiger partial charge < -0.3 is 0 Å². The summed E-state index contributed by atoms with van der Waals surface area (Å²) in [7, 11) is 0. The van der Waals surface area contributed by atoms with Crippen LogP contribution in [0.25, 0.3) is 0 Å². The van der Waals surface area contributed by atoms with Gasteiger partial charge in [-0.1, -0.05) is 75.3 Å². The molecule has 0 aromatic heterocycles. The molecule has 0 saturated heterocycles. The predicted octanol–water partition coefficient (Wildman–Crippen LogP) is 5.01. The van der Waals surface area contributed by atoms with Gasteiger partial charge in [-0.25, -0.2) is 0 Å². The van der Waals surface area contributed by atoms with Crippen LogP contribution in [0.5, 0.6) is 0 Å². The van der Waals surface area contributed by atoms with Crippen molar-refractivity contribution in [3.63, 3.8) is 0 Å². The molecule has 0 fully saturated rings. The Morgan fingerprint density at radius 3 is 1.67 bits per heavy atom. The molecule has 0 spiro atoms. The first-order valence-corrected chi connectivity index (χ1v) is 8.92. The zero-order chi connectivity index (χ0) is 17.6. The van der Waals surface area contributed by atoms with E-state index >= 15 is 0 Å². The van der Waals surface area contributed by atoms with Gasteiger partial charge in [0.2, 0.25) is 0 Å². The van der Waals surface area contributed by atoms with Crippen LogP contribution in [0.3, 0.4) is 0 Å². The van der Waals surface area contributed by atoms with E-state index in [1.165, 1.54) is 37.7 Å². The first-order valence-electron chi connectivity index (χ1n) is 8.92. The molecule has 24 heavy (non-hydrogen) atoms. The molecular weight excluding hydrogens is 308 g/mol. The van der Waals surface area contributed by atoms with Gasteiger partial charge in [-0.05, 0) is 24.8 Å². The molecule has 6 nitrogen and oxygen atoms in total. The summed E-state index contributed by atoms with van der Waals surface area (Å²) in [4.78, 5) is 19.4. The van der Waals surface area contributed by atoms with Crippen molar-refractivity contribution in [2.45, 2.75) is 76.8 Å². The fourth-order valence-corrected chi connectivity index (χ4v) is 2.83. The van der Waals surface area contributed by atoms with Crippen LogP contribution in [-0.2, 0) is 6.42 Å². The van der Waals surface area contributed by atoms with Crippen molar-refractivity contribution in [1.29, 1.82) is 0 Å². The maximum absolute atomic E-state index is 10.5. The molecule has 6 heteroatoms. The summed E-state index contributed by atoms with van der Waals surface area (Å²) in [6.45, 7) is 0. The number of unbranched alkanes of at least 4 members (excludes halogenated alkanes) is 8. The molecule has 0 aliphatic carbocycles. The van der Waals surface area contributed by atoms with E-state index in [0.717, 1.165) is 25.7 Å². The number of benzene rings is 1. The smallest absolute Gasteiger partial charge is 0.259 e. The Balaban J connectivity index is 1.88. The molecule has 1 aromatic carbocycles. The van der Waals surface area contributed by atoms with Crippen LogP contribution in [0, 0.1) is 20.2 Å². The third-order valence-corrected chi connectivity index (χ3v) is 4.26. The fourth-order valence-electron chi connectivity index (χ4n) is 2.83. The lowest BCUT2D eigenvalue weighted by molar-refractivity contribution is -0.743. The number of nitro groups is 2. The lowest BCUT2D eigenvalue weighted by Crippen LogP contribution is -2.28. The zero-order valence-corrected chi connectivity index (χ0v) is 14.3. The van der Waals surface area contributed by atoms with E-state index in [4.69, 9.17) is 0 Å². The quantitative estimate of drug-likeness (QED) is 0.207. The summed E-state index contributed by atoms with van der Waals surface area (Å²) >= 11 is 0. The molecule has 0 aliphatic heterocycles. The van der Waals surface area contributed by atoms with Gasteiger partial charge in [-0.2, -0.15) is 0 Å². The molecule has 0 atom stereocenters. The lowest BCUT2D eigenvalue weighted by atomic mass is 10.0. The first kappa shape index (κ1) is 20.1. The largest absolute Gasteiger partial charge is 0.450 e. The van der Waals surface area contributed by atoms with Crippen molar-refractivity contribution >= 4 is 0 Å². The van der Waals surface area contributed by atoms with E-state index in [0.29, 0.717) is 6.42 Å². The van der Waals surface area contributed by atoms with Gasteiger partial charge in [0.05, 0.1) is 16.3 Å². The minimum atomic E-state index is -1.63. The summed E-state index contributed by atoms with van der Waals surface area (Å²) < 4.78 is 0. The maximum atomic E-state index is 10.5. The number of aryl methyl sites for hydroxylation is 1. The van der Waals surface area contributed by atoms with Gasteiger partial charge in [0.15, 0.2) is 0 Å². The number of hydrogen-bond donors (Lipinski definition) is 0. The van der Waals surface area contributed by atoms with Crippen LogP contribution in [-0.4, -0.2) is 16.0 Å². The van der Waals surface area contributed by atoms with E-state index in [-0.39, 0.29) is 6.42 Å². The normalized spacial score (nSPS) is 10.9. The summed E-state index contributed by atoms with van der Waals surface area (Å²) in [6.07, 6.45) is 9.21. The van der Waals surface area contributed by atoms with Crippen molar-refractivity contribution in [1.82, 2.24) is 0 Å². The van der Waals surface area contributed by atoms with Crippen LogP contribution in [0.4, 0.5) is 0 Å². The Labute approximate surface area is 143 Å². The topological polar surface area (TPSA) is 86.3 Å². The molecule has 0 radical (unpaired) electrons. The van der Waals surface area contributed by atoms with Crippen molar-refractivity contribution < 1.29 is 9.85 Å². The second-order valence-electron chi connectivity index (χ2n) is 6.26. The van der Waals surface area contributed by atoms with Gasteiger partial charge in [-0.15, -0.1) is 0 Å². The lowest BCUT2D eigenvalue weighted by Gasteiger charge is -2.04. The molecule has 1 rings (SSSR count). The summed E-state index contributed by atoms with van der Waals surface area (Å²) in [5.41, 5.74) is 1.40. The first-order chi connectivity index (χ1) is 11.6. The summed E-state index contributed by atoms with van der Waals surface area (Å²) in [5, 5.41) is 21.0. The molecule has 1 aromatic rings. The van der Waals surface area contributed by atoms with Crippen LogP contribution in [0.2, 0.25) is 0 Å². The molecule has 0 heterocycles. The predicted molar refractivity (Wildman–Crippen MR) is 94.1 cm³/mol. The average molecular weight is 336 g/mol. The Bertz CT molecular complexity index is 465. The third kappa shape index (κ3) is 9.22. The van der Waals surface area contributed by atoms with Crippen molar-refractivity contribution in [3.05, 3.63) is 56.1 Å². The highest BCUT2D eigenvalue weighted by molar-refractivity contribution is 5.14. The zero-order valence-electron chi connectivity index (χ0n) is 14.3. The SMILES string of the molecule is O=[N+]([O-])C(CCCCCCCCCCCc1ccccc1)[N+](=O)[O-]. The minimum absolute atomic E-state index is 0.0412. The average Bonchev–Trinajstić information content (AvgIpc) is 2.56. The highest BCUT2D eigenvalue weighted by Gasteiger charge is 2.30. The van der Waals surface area contributed by atoms with E-state index in [9.17, 15) is 20.2 Å². The second kappa shape index (κ2) is 12.4. The summed E-state index contributed by atoms with van der Waals surface area (Å²) in [6, 6.07) is 10.5. The van der Waals surface area contributed by atoms with Gasteiger partial charge in [0.1, 0.15) is 0 Å². The van der Waals surface area contributed by atoms with E-state index < -0.39 is 16.0 Å². The van der Waals surface area contributed by atoms with Crippen LogP contribution in [0.1, 0.15) is 69.8 Å². The van der Waals surface area contributed by atoms with Gasteiger partial charge >= 0.3 is 6.17 Å². The van der Waals surface area contributed by atoms with Crippen molar-refractivity contribution in [2.75, 3.05) is 0 Å². The molecule has 0 bridgehead atoms. The van der Waals surface area contributed by atoms with Gasteiger partial charge in [0.25, 0.3) is 0 Å². The Morgan fingerprint density at radius 2 is 1.17 bits per heavy atom. The number of hydrogen-bond acceptors (Lipinski definition) is 4. The highest BCUT2D eigenvalue weighted by Crippen LogP contribution is 2.13. The van der Waals surface area contributed by atoms with Crippen LogP contribution < -0.4 is 0 Å². The molecule has 0 saturated carbocycles. The molecule has 0 amide bonds. The van der Waals surface area contributed by atoms with E-state index in [2.05, 4.69) is 24.3 Å². The molecule has 0 unspecified atom stereocenters. The Hall–Kier alpha value is -1.98. The third-order valence-electron chi connectivity index (χ3n) is 4.26. The van der Waals surface area contributed by atoms with E-state index in [1.807, 2.05) is 6.07 Å². The van der Waals surface area contributed by atoms with Gasteiger partial charge in [-0.3, -0.25) is 20.2 Å². The molecular formula is C18H28N2O4. The second-order valence-corrected chi connectivity index (χ2v) is 6.26. The molecule has 0 aliphatic rings. The van der Waals surface area contributed by atoms with E-state index in [1.54, 1.807) is 0 Å². The Morgan fingerprint density at radius 1 is 0.708 bits per heavy atom. The standard InChI is InChI=1S/C18H28N2O4/c21-19(22)18(20(23)24)16-12-7-5-3-1-2-4-6-9-13-17-14-10-8-11-15-17/h8,10-11,14-15,18H,1-7,9,12-13,16H2. The van der Waals surface area contributed by atoms with Crippen molar-refractivity contribution in [2.24, 2.45) is 0 Å².